The van der Waals surface area contributed by atoms with Crippen LogP contribution in [0.3, 0.4) is 0 Å². The Labute approximate surface area is 253 Å². The molecule has 0 aliphatic carbocycles. The average molecular weight is 554 g/mol. The maximum Gasteiger partial charge on any atom is 0.164 e. The Morgan fingerprint density at radius 2 is 0.930 bits per heavy atom. The van der Waals surface area contributed by atoms with Gasteiger partial charge in [-0.05, 0) is 41.4 Å². The van der Waals surface area contributed by atoms with Crippen LogP contribution in [0.5, 0.6) is 0 Å². The lowest BCUT2D eigenvalue weighted by Gasteiger charge is -2.14. The van der Waals surface area contributed by atoms with Crippen LogP contribution in [0.4, 0.5) is 0 Å². The predicted molar refractivity (Wildman–Crippen MR) is 176 cm³/mol. The van der Waals surface area contributed by atoms with Crippen LogP contribution in [0.1, 0.15) is 4.11 Å². The number of hydrogen-bond donors (Lipinski definition) is 0. The Hall–Kier alpha value is -5.87. The minimum absolute atomic E-state index is 0.245. The minimum Gasteiger partial charge on any atom is -0.309 e. The van der Waals surface area contributed by atoms with E-state index in [0.717, 1.165) is 49.8 Å². The topological polar surface area (TPSA) is 43.6 Å². The first kappa shape index (κ1) is 21.8. The maximum atomic E-state index is 8.94. The zero-order valence-electron chi connectivity index (χ0n) is 26.1. The number of rotatable bonds is 5. The molecule has 8 rings (SSSR count). The molecule has 0 aliphatic heterocycles. The summed E-state index contributed by atoms with van der Waals surface area (Å²) in [6, 6.07) is 45.9. The standard InChI is InChI=1S/C39H26N4/c1-4-14-27(15-5-1)30-24-31(26-32(25-30)43-35-22-12-10-20-33(35)34-21-11-13-23-36(34)43)39-41-37(28-16-6-2-7-17-28)40-38(42-39)29-18-8-3-9-19-29/h1-26H/i10D,11D,22D. The molecule has 0 spiro atoms. The normalized spacial score (nSPS) is 12.2. The summed E-state index contributed by atoms with van der Waals surface area (Å²) in [6.45, 7) is 0. The molecule has 0 N–H and O–H groups in total. The van der Waals surface area contributed by atoms with Crippen LogP contribution in [-0.4, -0.2) is 19.5 Å². The zero-order valence-corrected chi connectivity index (χ0v) is 23.1. The first-order valence-electron chi connectivity index (χ1n) is 15.6. The van der Waals surface area contributed by atoms with Crippen molar-refractivity contribution in [3.63, 3.8) is 0 Å². The van der Waals surface area contributed by atoms with Crippen molar-refractivity contribution in [2.75, 3.05) is 0 Å². The molecule has 4 nitrogen and oxygen atoms in total. The molecule has 0 unspecified atom stereocenters. The fourth-order valence-electron chi connectivity index (χ4n) is 5.60. The van der Waals surface area contributed by atoms with Gasteiger partial charge in [-0.15, -0.1) is 0 Å². The number of aromatic nitrogens is 4. The van der Waals surface area contributed by atoms with Crippen molar-refractivity contribution in [3.8, 4) is 51.0 Å². The van der Waals surface area contributed by atoms with Crippen molar-refractivity contribution >= 4 is 21.8 Å². The van der Waals surface area contributed by atoms with E-state index in [4.69, 9.17) is 19.1 Å². The Morgan fingerprint density at radius 3 is 1.56 bits per heavy atom. The molecule has 0 amide bonds. The summed E-state index contributed by atoms with van der Waals surface area (Å²) in [5, 5.41) is 1.60. The molecule has 202 valence electrons. The molecule has 43 heavy (non-hydrogen) atoms. The van der Waals surface area contributed by atoms with Crippen molar-refractivity contribution in [1.29, 1.82) is 0 Å². The summed E-state index contributed by atoms with van der Waals surface area (Å²) in [4.78, 5) is 14.9. The molecule has 2 aromatic heterocycles. The third kappa shape index (κ3) is 4.55. The number of fused-ring (bicyclic) bond motifs is 3. The fourth-order valence-corrected chi connectivity index (χ4v) is 5.60. The molecule has 0 aliphatic rings. The molecule has 4 heteroatoms. The van der Waals surface area contributed by atoms with E-state index < -0.39 is 0 Å². The van der Waals surface area contributed by atoms with E-state index >= 15 is 0 Å². The Bertz CT molecular complexity index is 2330. The molecule has 8 aromatic rings. The molecule has 6 aromatic carbocycles. The van der Waals surface area contributed by atoms with Gasteiger partial charge in [0, 0.05) is 33.2 Å². The predicted octanol–water partition coefficient (Wildman–Crippen LogP) is 9.64. The highest BCUT2D eigenvalue weighted by molar-refractivity contribution is 6.09. The van der Waals surface area contributed by atoms with E-state index in [9.17, 15) is 0 Å². The fraction of sp³-hybridized carbons (Fsp3) is 0. The highest BCUT2D eigenvalue weighted by Crippen LogP contribution is 2.36. The summed E-state index contributed by atoms with van der Waals surface area (Å²) in [7, 11) is 0. The van der Waals surface area contributed by atoms with Gasteiger partial charge in [-0.3, -0.25) is 0 Å². The van der Waals surface area contributed by atoms with E-state index in [1.807, 2.05) is 91.0 Å². The first-order chi connectivity index (χ1) is 22.5. The summed E-state index contributed by atoms with van der Waals surface area (Å²) >= 11 is 0. The van der Waals surface area contributed by atoms with Gasteiger partial charge in [-0.2, -0.15) is 0 Å². The summed E-state index contributed by atoms with van der Waals surface area (Å²) in [5.41, 5.74) is 6.92. The molecule has 0 radical (unpaired) electrons. The van der Waals surface area contributed by atoms with E-state index in [1.54, 1.807) is 24.3 Å². The Balaban J connectivity index is 1.44. The van der Waals surface area contributed by atoms with Crippen LogP contribution in [0.2, 0.25) is 0 Å². The summed E-state index contributed by atoms with van der Waals surface area (Å²) in [5.74, 6) is 1.68. The average Bonchev–Trinajstić information content (AvgIpc) is 3.42. The molecule has 0 atom stereocenters. The monoisotopic (exact) mass is 553 g/mol. The van der Waals surface area contributed by atoms with Gasteiger partial charge in [0.25, 0.3) is 0 Å². The van der Waals surface area contributed by atoms with E-state index in [0.29, 0.717) is 29.0 Å². The molecular weight excluding hydrogens is 524 g/mol. The maximum absolute atomic E-state index is 8.94. The zero-order chi connectivity index (χ0) is 31.2. The van der Waals surface area contributed by atoms with Gasteiger partial charge in [0.2, 0.25) is 0 Å². The van der Waals surface area contributed by atoms with Crippen LogP contribution in [0.25, 0.3) is 72.8 Å². The van der Waals surface area contributed by atoms with Crippen molar-refractivity contribution in [2.45, 2.75) is 0 Å². The minimum atomic E-state index is 0.245. The van der Waals surface area contributed by atoms with E-state index in [2.05, 4.69) is 28.8 Å². The third-order valence-corrected chi connectivity index (χ3v) is 7.61. The second-order valence-corrected chi connectivity index (χ2v) is 10.3. The van der Waals surface area contributed by atoms with Gasteiger partial charge in [-0.1, -0.05) is 127 Å². The largest absolute Gasteiger partial charge is 0.309 e. The van der Waals surface area contributed by atoms with Crippen LogP contribution < -0.4 is 0 Å². The van der Waals surface area contributed by atoms with Gasteiger partial charge in [0.1, 0.15) is 0 Å². The highest BCUT2D eigenvalue weighted by Gasteiger charge is 2.17. The van der Waals surface area contributed by atoms with Crippen molar-refractivity contribution in [3.05, 3.63) is 158 Å². The molecular formula is C39H26N4. The lowest BCUT2D eigenvalue weighted by molar-refractivity contribution is 1.07. The number of benzene rings is 6. The third-order valence-electron chi connectivity index (χ3n) is 7.61. The Morgan fingerprint density at radius 1 is 0.419 bits per heavy atom. The second kappa shape index (κ2) is 10.5. The van der Waals surface area contributed by atoms with Gasteiger partial charge in [0.15, 0.2) is 17.5 Å². The van der Waals surface area contributed by atoms with Crippen molar-refractivity contribution < 1.29 is 4.11 Å². The highest BCUT2D eigenvalue weighted by atomic mass is 15.0. The Kier molecular flexibility index (Phi) is 5.33. The number of nitrogens with zero attached hydrogens (tertiary/aromatic N) is 4. The molecule has 2 heterocycles. The quantitative estimate of drug-likeness (QED) is 0.213. The second-order valence-electron chi connectivity index (χ2n) is 10.3. The van der Waals surface area contributed by atoms with Crippen LogP contribution >= 0.6 is 0 Å². The van der Waals surface area contributed by atoms with Crippen LogP contribution in [-0.2, 0) is 0 Å². The van der Waals surface area contributed by atoms with E-state index in [-0.39, 0.29) is 12.1 Å². The number of para-hydroxylation sites is 2. The lowest BCUT2D eigenvalue weighted by Crippen LogP contribution is -2.01. The molecule has 0 bridgehead atoms. The first-order valence-corrected chi connectivity index (χ1v) is 14.1. The SMILES string of the molecule is [2H]c1ccc2c(c1)c1cc([2H])cc([2H])c1n2-c1cc(-c2ccccc2)cc(-c2nc(-c3ccccc3)nc(-c3ccccc3)n2)c1. The van der Waals surface area contributed by atoms with Gasteiger partial charge in [-0.25, -0.2) is 15.0 Å². The summed E-state index contributed by atoms with van der Waals surface area (Å²) < 4.78 is 27.7. The molecule has 0 saturated carbocycles. The van der Waals surface area contributed by atoms with Crippen molar-refractivity contribution in [1.82, 2.24) is 19.5 Å². The number of hydrogen-bond acceptors (Lipinski definition) is 3. The summed E-state index contributed by atoms with van der Waals surface area (Å²) in [6.07, 6.45) is 0. The smallest absolute Gasteiger partial charge is 0.164 e. The molecule has 0 saturated heterocycles. The van der Waals surface area contributed by atoms with Crippen molar-refractivity contribution in [2.24, 2.45) is 0 Å². The van der Waals surface area contributed by atoms with E-state index in [1.165, 1.54) is 0 Å². The van der Waals surface area contributed by atoms with Gasteiger partial charge < -0.3 is 4.57 Å². The molecule has 0 fully saturated rings. The van der Waals surface area contributed by atoms with Gasteiger partial charge in [0.05, 0.1) is 15.1 Å². The van der Waals surface area contributed by atoms with Gasteiger partial charge >= 0.3 is 0 Å². The van der Waals surface area contributed by atoms with Crippen LogP contribution in [0, 0.1) is 0 Å². The van der Waals surface area contributed by atoms with Crippen LogP contribution in [0.15, 0.2) is 158 Å². The lowest BCUT2D eigenvalue weighted by atomic mass is 10.0.